The van der Waals surface area contributed by atoms with E-state index in [4.69, 9.17) is 9.63 Å². The zero-order chi connectivity index (χ0) is 14.7. The lowest BCUT2D eigenvalue weighted by molar-refractivity contribution is 0.0680. The molecule has 20 heavy (non-hydrogen) atoms. The van der Waals surface area contributed by atoms with Gasteiger partial charge in [-0.05, 0) is 19.1 Å². The van der Waals surface area contributed by atoms with Crippen LogP contribution in [0.5, 0.6) is 0 Å². The summed E-state index contributed by atoms with van der Waals surface area (Å²) >= 11 is 0. The molecule has 0 aliphatic carbocycles. The number of aryl methyl sites for hydroxylation is 1. The number of amides is 1. The van der Waals surface area contributed by atoms with Crippen LogP contribution in [0.4, 0.5) is 0 Å². The van der Waals surface area contributed by atoms with Crippen LogP contribution in [-0.2, 0) is 6.54 Å². The van der Waals surface area contributed by atoms with E-state index >= 15 is 0 Å². The fourth-order valence-corrected chi connectivity index (χ4v) is 1.87. The second-order valence-electron chi connectivity index (χ2n) is 4.44. The number of carboxylic acid groups (broad SMARTS) is 1. The molecular weight excluding hydrogens is 260 g/mol. The first-order valence-electron chi connectivity index (χ1n) is 5.99. The van der Waals surface area contributed by atoms with Gasteiger partial charge in [0.25, 0.3) is 5.91 Å². The molecule has 6 heteroatoms. The number of carbonyl (C=O) groups excluding carboxylic acids is 1. The predicted octanol–water partition coefficient (Wildman–Crippen LogP) is 1.95. The molecule has 0 aliphatic heterocycles. The lowest BCUT2D eigenvalue weighted by Gasteiger charge is -2.16. The summed E-state index contributed by atoms with van der Waals surface area (Å²) in [6, 6.07) is 7.85. The minimum Gasteiger partial charge on any atom is -0.478 e. The Balaban J connectivity index is 2.20. The first-order valence-corrected chi connectivity index (χ1v) is 5.99. The van der Waals surface area contributed by atoms with Crippen molar-refractivity contribution in [2.45, 2.75) is 13.5 Å². The predicted molar refractivity (Wildman–Crippen MR) is 70.4 cm³/mol. The number of carbonyl (C=O) groups is 2. The first kappa shape index (κ1) is 13.8. The largest absolute Gasteiger partial charge is 0.478 e. The Morgan fingerprint density at radius 2 is 1.95 bits per heavy atom. The number of aromatic carboxylic acids is 1. The molecule has 1 N–H and O–H groups in total. The highest BCUT2D eigenvalue weighted by atomic mass is 16.5. The number of rotatable bonds is 4. The Morgan fingerprint density at radius 3 is 2.50 bits per heavy atom. The molecule has 6 nitrogen and oxygen atoms in total. The fraction of sp³-hybridized carbons (Fsp3) is 0.214. The first-order chi connectivity index (χ1) is 9.49. The van der Waals surface area contributed by atoms with Gasteiger partial charge in [-0.1, -0.05) is 17.3 Å². The van der Waals surface area contributed by atoms with Gasteiger partial charge >= 0.3 is 5.97 Å². The topological polar surface area (TPSA) is 83.6 Å². The second kappa shape index (κ2) is 5.56. The summed E-state index contributed by atoms with van der Waals surface area (Å²) in [5, 5.41) is 12.9. The van der Waals surface area contributed by atoms with Crippen LogP contribution in [0.15, 0.2) is 34.9 Å². The van der Waals surface area contributed by atoms with Gasteiger partial charge < -0.3 is 14.5 Å². The van der Waals surface area contributed by atoms with E-state index in [1.165, 1.54) is 17.0 Å². The van der Waals surface area contributed by atoms with Crippen molar-refractivity contribution in [3.8, 4) is 0 Å². The van der Waals surface area contributed by atoms with Crippen molar-refractivity contribution < 1.29 is 19.2 Å². The highest BCUT2D eigenvalue weighted by Crippen LogP contribution is 2.13. The van der Waals surface area contributed by atoms with E-state index in [1.807, 2.05) is 0 Å². The van der Waals surface area contributed by atoms with Crippen LogP contribution in [0, 0.1) is 6.92 Å². The Hall–Kier alpha value is -2.63. The van der Waals surface area contributed by atoms with Crippen molar-refractivity contribution in [3.63, 3.8) is 0 Å². The molecule has 0 unspecified atom stereocenters. The summed E-state index contributed by atoms with van der Waals surface area (Å²) < 4.78 is 4.93. The summed E-state index contributed by atoms with van der Waals surface area (Å²) in [5.41, 5.74) is 0.759. The zero-order valence-electron chi connectivity index (χ0n) is 11.2. The van der Waals surface area contributed by atoms with Crippen LogP contribution >= 0.6 is 0 Å². The highest BCUT2D eigenvalue weighted by molar-refractivity contribution is 6.04. The molecule has 0 saturated carbocycles. The lowest BCUT2D eigenvalue weighted by Crippen LogP contribution is -2.27. The Morgan fingerprint density at radius 1 is 1.30 bits per heavy atom. The van der Waals surface area contributed by atoms with Gasteiger partial charge in [-0.3, -0.25) is 4.79 Å². The normalized spacial score (nSPS) is 10.3. The van der Waals surface area contributed by atoms with E-state index in [-0.39, 0.29) is 23.6 Å². The smallest absolute Gasteiger partial charge is 0.336 e. The third kappa shape index (κ3) is 2.85. The van der Waals surface area contributed by atoms with E-state index in [0.29, 0.717) is 11.5 Å². The highest BCUT2D eigenvalue weighted by Gasteiger charge is 2.19. The molecule has 1 aromatic carbocycles. The molecule has 0 fully saturated rings. The maximum atomic E-state index is 12.3. The molecule has 104 valence electrons. The SMILES string of the molecule is Cc1cc(CN(C)C(=O)c2ccccc2C(=O)O)no1. The maximum Gasteiger partial charge on any atom is 0.336 e. The molecule has 0 spiro atoms. The minimum absolute atomic E-state index is 0.0133. The molecule has 0 radical (unpaired) electrons. The van der Waals surface area contributed by atoms with Crippen LogP contribution in [0.25, 0.3) is 0 Å². The van der Waals surface area contributed by atoms with Gasteiger partial charge in [0.2, 0.25) is 0 Å². The summed E-state index contributed by atoms with van der Waals surface area (Å²) in [6.07, 6.45) is 0. The van der Waals surface area contributed by atoms with Crippen molar-refractivity contribution in [1.82, 2.24) is 10.1 Å². The van der Waals surface area contributed by atoms with Gasteiger partial charge in [0.05, 0.1) is 17.7 Å². The van der Waals surface area contributed by atoms with Gasteiger partial charge in [-0.25, -0.2) is 4.79 Å². The maximum absolute atomic E-state index is 12.3. The van der Waals surface area contributed by atoms with Gasteiger partial charge in [0.1, 0.15) is 11.5 Å². The van der Waals surface area contributed by atoms with E-state index < -0.39 is 5.97 Å². The molecule has 1 heterocycles. The number of benzene rings is 1. The van der Waals surface area contributed by atoms with Gasteiger partial charge in [0.15, 0.2) is 0 Å². The van der Waals surface area contributed by atoms with Crippen molar-refractivity contribution in [2.24, 2.45) is 0 Å². The summed E-state index contributed by atoms with van der Waals surface area (Å²) in [6.45, 7) is 2.02. The third-order valence-electron chi connectivity index (χ3n) is 2.81. The number of aromatic nitrogens is 1. The van der Waals surface area contributed by atoms with Crippen molar-refractivity contribution in [2.75, 3.05) is 7.05 Å². The number of carboxylic acids is 1. The lowest BCUT2D eigenvalue weighted by atomic mass is 10.1. The van der Waals surface area contributed by atoms with Crippen molar-refractivity contribution in [1.29, 1.82) is 0 Å². The zero-order valence-corrected chi connectivity index (χ0v) is 11.2. The molecule has 2 rings (SSSR count). The molecule has 0 saturated heterocycles. The fourth-order valence-electron chi connectivity index (χ4n) is 1.87. The standard InChI is InChI=1S/C14H14N2O4/c1-9-7-10(15-20-9)8-16(2)13(17)11-5-3-4-6-12(11)14(18)19/h3-7H,8H2,1-2H3,(H,18,19). The van der Waals surface area contributed by atoms with Gasteiger partial charge in [0, 0.05) is 13.1 Å². The van der Waals surface area contributed by atoms with Crippen molar-refractivity contribution in [3.05, 3.63) is 52.9 Å². The summed E-state index contributed by atoms with van der Waals surface area (Å²) in [4.78, 5) is 24.8. The minimum atomic E-state index is -1.13. The molecule has 2 aromatic rings. The number of hydrogen-bond acceptors (Lipinski definition) is 4. The van der Waals surface area contributed by atoms with Crippen molar-refractivity contribution >= 4 is 11.9 Å². The van der Waals surface area contributed by atoms with Crippen LogP contribution in [0.1, 0.15) is 32.2 Å². The molecule has 0 aliphatic rings. The number of nitrogens with zero attached hydrogens (tertiary/aromatic N) is 2. The van der Waals surface area contributed by atoms with E-state index in [2.05, 4.69) is 5.16 Å². The van der Waals surface area contributed by atoms with Crippen LogP contribution < -0.4 is 0 Å². The van der Waals surface area contributed by atoms with Crippen LogP contribution in [-0.4, -0.2) is 34.1 Å². The Labute approximate surface area is 115 Å². The summed E-state index contributed by atoms with van der Waals surface area (Å²) in [7, 11) is 1.59. The quantitative estimate of drug-likeness (QED) is 0.921. The number of hydrogen-bond donors (Lipinski definition) is 1. The summed E-state index contributed by atoms with van der Waals surface area (Å²) in [5.74, 6) is -0.838. The van der Waals surface area contributed by atoms with E-state index in [1.54, 1.807) is 32.2 Å². The molecule has 0 bridgehead atoms. The average Bonchev–Trinajstić information content (AvgIpc) is 2.83. The van der Waals surface area contributed by atoms with Gasteiger partial charge in [-0.2, -0.15) is 0 Å². The van der Waals surface area contributed by atoms with Gasteiger partial charge in [-0.15, -0.1) is 0 Å². The average molecular weight is 274 g/mol. The second-order valence-corrected chi connectivity index (χ2v) is 4.44. The van der Waals surface area contributed by atoms with Crippen LogP contribution in [0.3, 0.4) is 0 Å². The molecular formula is C14H14N2O4. The monoisotopic (exact) mass is 274 g/mol. The third-order valence-corrected chi connectivity index (χ3v) is 2.81. The molecule has 1 amide bonds. The Kier molecular flexibility index (Phi) is 3.84. The molecule has 0 atom stereocenters. The van der Waals surface area contributed by atoms with Crippen LogP contribution in [0.2, 0.25) is 0 Å². The Bertz CT molecular complexity index is 648. The van der Waals surface area contributed by atoms with E-state index in [0.717, 1.165) is 0 Å². The van der Waals surface area contributed by atoms with E-state index in [9.17, 15) is 9.59 Å². The molecule has 1 aromatic heterocycles.